The number of morpholine rings is 1. The second-order valence-electron chi connectivity index (χ2n) is 5.21. The van der Waals surface area contributed by atoms with E-state index in [2.05, 4.69) is 19.2 Å². The minimum Gasteiger partial charge on any atom is -0.375 e. The molecule has 14 heavy (non-hydrogen) atoms. The fourth-order valence-electron chi connectivity index (χ4n) is 2.82. The third kappa shape index (κ3) is 2.48. The van der Waals surface area contributed by atoms with Gasteiger partial charge in [-0.15, -0.1) is 0 Å². The zero-order valence-corrected chi connectivity index (χ0v) is 9.46. The summed E-state index contributed by atoms with van der Waals surface area (Å²) in [7, 11) is 0. The lowest BCUT2D eigenvalue weighted by atomic mass is 9.79. The first-order valence-corrected chi connectivity index (χ1v) is 6.10. The molecular weight excluding hydrogens is 174 g/mol. The molecule has 2 aliphatic rings. The van der Waals surface area contributed by atoms with Gasteiger partial charge in [-0.3, -0.25) is 0 Å². The summed E-state index contributed by atoms with van der Waals surface area (Å²) in [5.74, 6) is 1.73. The molecule has 0 aromatic heterocycles. The molecule has 1 aliphatic carbocycles. The van der Waals surface area contributed by atoms with Gasteiger partial charge in [-0.2, -0.15) is 0 Å². The van der Waals surface area contributed by atoms with Gasteiger partial charge in [-0.05, 0) is 31.6 Å². The highest BCUT2D eigenvalue weighted by molar-refractivity contribution is 4.82. The van der Waals surface area contributed by atoms with Gasteiger partial charge >= 0.3 is 0 Å². The second-order valence-corrected chi connectivity index (χ2v) is 5.21. The predicted octanol–water partition coefficient (Wildman–Crippen LogP) is 2.19. The number of rotatable bonds is 1. The van der Waals surface area contributed by atoms with Gasteiger partial charge in [0.1, 0.15) is 0 Å². The van der Waals surface area contributed by atoms with E-state index in [1.54, 1.807) is 0 Å². The molecule has 4 unspecified atom stereocenters. The molecule has 2 nitrogen and oxygen atoms in total. The highest BCUT2D eigenvalue weighted by atomic mass is 16.5. The molecule has 0 radical (unpaired) electrons. The van der Waals surface area contributed by atoms with E-state index < -0.39 is 0 Å². The summed E-state index contributed by atoms with van der Waals surface area (Å²) >= 11 is 0. The van der Waals surface area contributed by atoms with Crippen LogP contribution in [0.25, 0.3) is 0 Å². The molecule has 0 spiro atoms. The van der Waals surface area contributed by atoms with Crippen molar-refractivity contribution in [3.05, 3.63) is 0 Å². The molecule has 2 fully saturated rings. The van der Waals surface area contributed by atoms with Crippen LogP contribution < -0.4 is 5.32 Å². The smallest absolute Gasteiger partial charge is 0.0728 e. The van der Waals surface area contributed by atoms with E-state index in [1.807, 2.05) is 0 Å². The molecule has 2 rings (SSSR count). The van der Waals surface area contributed by atoms with Gasteiger partial charge in [0.2, 0.25) is 0 Å². The van der Waals surface area contributed by atoms with Crippen LogP contribution in [0.2, 0.25) is 0 Å². The summed E-state index contributed by atoms with van der Waals surface area (Å²) in [4.78, 5) is 0. The molecule has 2 heteroatoms. The zero-order chi connectivity index (χ0) is 9.97. The first kappa shape index (κ1) is 10.4. The fourth-order valence-corrected chi connectivity index (χ4v) is 2.82. The Morgan fingerprint density at radius 1 is 1.21 bits per heavy atom. The van der Waals surface area contributed by atoms with Crippen LogP contribution >= 0.6 is 0 Å². The second kappa shape index (κ2) is 4.63. The van der Waals surface area contributed by atoms with Gasteiger partial charge in [-0.25, -0.2) is 0 Å². The molecule has 1 N–H and O–H groups in total. The Morgan fingerprint density at radius 3 is 2.71 bits per heavy atom. The Kier molecular flexibility index (Phi) is 3.45. The molecule has 0 amide bonds. The molecular formula is C12H23NO. The first-order valence-electron chi connectivity index (χ1n) is 6.10. The lowest BCUT2D eigenvalue weighted by Crippen LogP contribution is -2.48. The average molecular weight is 197 g/mol. The van der Waals surface area contributed by atoms with Crippen molar-refractivity contribution in [3.63, 3.8) is 0 Å². The summed E-state index contributed by atoms with van der Waals surface area (Å²) in [5.41, 5.74) is 0. The predicted molar refractivity (Wildman–Crippen MR) is 58.3 cm³/mol. The van der Waals surface area contributed by atoms with Crippen molar-refractivity contribution in [1.29, 1.82) is 0 Å². The van der Waals surface area contributed by atoms with E-state index in [0.29, 0.717) is 12.1 Å². The molecule has 0 bridgehead atoms. The van der Waals surface area contributed by atoms with E-state index in [1.165, 1.54) is 25.7 Å². The van der Waals surface area contributed by atoms with Gasteiger partial charge < -0.3 is 10.1 Å². The van der Waals surface area contributed by atoms with Crippen LogP contribution in [0.3, 0.4) is 0 Å². The van der Waals surface area contributed by atoms with E-state index in [9.17, 15) is 0 Å². The molecule has 4 atom stereocenters. The quantitative estimate of drug-likeness (QED) is 0.696. The normalized spacial score (nSPS) is 45.0. The van der Waals surface area contributed by atoms with Crippen molar-refractivity contribution in [1.82, 2.24) is 5.32 Å². The molecule has 0 aromatic rings. The van der Waals surface area contributed by atoms with Crippen molar-refractivity contribution in [2.24, 2.45) is 11.8 Å². The van der Waals surface area contributed by atoms with Gasteiger partial charge in [-0.1, -0.05) is 19.8 Å². The molecule has 82 valence electrons. The topological polar surface area (TPSA) is 21.3 Å². The Morgan fingerprint density at radius 2 is 2.07 bits per heavy atom. The number of nitrogens with one attached hydrogen (secondary N) is 1. The minimum atomic E-state index is 0.494. The van der Waals surface area contributed by atoms with E-state index in [4.69, 9.17) is 4.74 Å². The van der Waals surface area contributed by atoms with Crippen LogP contribution in [0.1, 0.15) is 39.5 Å². The Bertz CT molecular complexity index is 175. The van der Waals surface area contributed by atoms with Gasteiger partial charge in [0.15, 0.2) is 0 Å². The van der Waals surface area contributed by atoms with Crippen LogP contribution in [0, 0.1) is 11.8 Å². The Hall–Kier alpha value is -0.0800. The van der Waals surface area contributed by atoms with Gasteiger partial charge in [0.25, 0.3) is 0 Å². The summed E-state index contributed by atoms with van der Waals surface area (Å²) in [5, 5.41) is 3.52. The maximum Gasteiger partial charge on any atom is 0.0728 e. The van der Waals surface area contributed by atoms with Gasteiger partial charge in [0, 0.05) is 12.6 Å². The lowest BCUT2D eigenvalue weighted by Gasteiger charge is -2.37. The number of hydrogen-bond acceptors (Lipinski definition) is 2. The van der Waals surface area contributed by atoms with Crippen molar-refractivity contribution in [3.8, 4) is 0 Å². The van der Waals surface area contributed by atoms with E-state index in [-0.39, 0.29) is 0 Å². The first-order chi connectivity index (χ1) is 6.75. The van der Waals surface area contributed by atoms with Crippen molar-refractivity contribution in [2.45, 2.75) is 51.7 Å². The maximum atomic E-state index is 5.92. The van der Waals surface area contributed by atoms with Crippen LogP contribution in [0.5, 0.6) is 0 Å². The average Bonchev–Trinajstić information content (AvgIpc) is 2.19. The summed E-state index contributed by atoms with van der Waals surface area (Å²) in [6.07, 6.45) is 6.08. The Labute approximate surface area is 87.4 Å². The third-order valence-electron chi connectivity index (χ3n) is 3.73. The summed E-state index contributed by atoms with van der Waals surface area (Å²) in [6, 6.07) is 0.548. The van der Waals surface area contributed by atoms with E-state index in [0.717, 1.165) is 25.0 Å². The molecule has 0 aromatic carbocycles. The largest absolute Gasteiger partial charge is 0.375 e. The highest BCUT2D eigenvalue weighted by Gasteiger charge is 2.29. The minimum absolute atomic E-state index is 0.494. The molecule has 1 saturated carbocycles. The molecule has 1 aliphatic heterocycles. The van der Waals surface area contributed by atoms with Gasteiger partial charge in [0.05, 0.1) is 12.7 Å². The maximum absolute atomic E-state index is 5.92. The van der Waals surface area contributed by atoms with Crippen LogP contribution in [0.4, 0.5) is 0 Å². The van der Waals surface area contributed by atoms with Crippen LogP contribution in [-0.4, -0.2) is 25.3 Å². The summed E-state index contributed by atoms with van der Waals surface area (Å²) in [6.45, 7) is 6.54. The lowest BCUT2D eigenvalue weighted by molar-refractivity contribution is -0.0394. The number of ether oxygens (including phenoxy) is 1. The van der Waals surface area contributed by atoms with Crippen LogP contribution in [-0.2, 0) is 4.74 Å². The van der Waals surface area contributed by atoms with Crippen molar-refractivity contribution in [2.75, 3.05) is 13.2 Å². The molecule has 1 heterocycles. The Balaban J connectivity index is 1.82. The standard InChI is InChI=1S/C12H23NO/c1-9-4-3-5-11(6-9)12-7-13-10(2)8-14-12/h9-13H,3-8H2,1-2H3. The zero-order valence-electron chi connectivity index (χ0n) is 9.46. The van der Waals surface area contributed by atoms with Crippen LogP contribution in [0.15, 0.2) is 0 Å². The monoisotopic (exact) mass is 197 g/mol. The molecule has 1 saturated heterocycles. The fraction of sp³-hybridized carbons (Fsp3) is 1.00. The van der Waals surface area contributed by atoms with E-state index >= 15 is 0 Å². The number of hydrogen-bond donors (Lipinski definition) is 1. The van der Waals surface area contributed by atoms with Crippen molar-refractivity contribution >= 4 is 0 Å². The van der Waals surface area contributed by atoms with Crippen molar-refractivity contribution < 1.29 is 4.74 Å². The summed E-state index contributed by atoms with van der Waals surface area (Å²) < 4.78 is 5.92. The highest BCUT2D eigenvalue weighted by Crippen LogP contribution is 2.32. The SMILES string of the molecule is CC1CCCC(C2CNC(C)CO2)C1. The third-order valence-corrected chi connectivity index (χ3v) is 3.73.